The van der Waals surface area contributed by atoms with Gasteiger partial charge in [-0.15, -0.1) is 11.3 Å². The van der Waals surface area contributed by atoms with E-state index in [1.807, 2.05) is 18.4 Å². The SMILES string of the molecule is CCc1ccc(C(NC)c2ccc3ccccc3c2)s1. The maximum absolute atomic E-state index is 3.45. The van der Waals surface area contributed by atoms with E-state index in [1.165, 1.54) is 26.1 Å². The zero-order valence-electron chi connectivity index (χ0n) is 11.9. The summed E-state index contributed by atoms with van der Waals surface area (Å²) < 4.78 is 0. The van der Waals surface area contributed by atoms with Crippen LogP contribution in [0.5, 0.6) is 0 Å². The van der Waals surface area contributed by atoms with Crippen LogP contribution in [0.1, 0.15) is 28.3 Å². The van der Waals surface area contributed by atoms with Crippen molar-refractivity contribution in [2.45, 2.75) is 19.4 Å². The van der Waals surface area contributed by atoms with Crippen molar-refractivity contribution in [1.29, 1.82) is 0 Å². The van der Waals surface area contributed by atoms with Crippen LogP contribution in [0.3, 0.4) is 0 Å². The molecule has 0 amide bonds. The summed E-state index contributed by atoms with van der Waals surface area (Å²) in [6.45, 7) is 2.21. The fourth-order valence-corrected chi connectivity index (χ4v) is 3.69. The highest BCUT2D eigenvalue weighted by atomic mass is 32.1. The summed E-state index contributed by atoms with van der Waals surface area (Å²) in [6, 6.07) is 20.0. The molecule has 1 aromatic heterocycles. The predicted octanol–water partition coefficient (Wildman–Crippen LogP) is 4.77. The lowest BCUT2D eigenvalue weighted by Gasteiger charge is -2.16. The van der Waals surface area contributed by atoms with Crippen LogP contribution in [0.25, 0.3) is 10.8 Å². The molecule has 0 saturated carbocycles. The quantitative estimate of drug-likeness (QED) is 0.726. The topological polar surface area (TPSA) is 12.0 Å². The van der Waals surface area contributed by atoms with Crippen LogP contribution in [0.2, 0.25) is 0 Å². The third-order valence-corrected chi connectivity index (χ3v) is 5.01. The Morgan fingerprint density at radius 2 is 1.80 bits per heavy atom. The Balaban J connectivity index is 2.02. The minimum absolute atomic E-state index is 0.282. The van der Waals surface area contributed by atoms with Crippen molar-refractivity contribution in [3.63, 3.8) is 0 Å². The third-order valence-electron chi connectivity index (χ3n) is 3.71. The van der Waals surface area contributed by atoms with Gasteiger partial charge < -0.3 is 5.32 Å². The van der Waals surface area contributed by atoms with Crippen LogP contribution in [-0.2, 0) is 6.42 Å². The highest BCUT2D eigenvalue weighted by molar-refractivity contribution is 7.12. The maximum Gasteiger partial charge on any atom is 0.0668 e. The van der Waals surface area contributed by atoms with Gasteiger partial charge in [0.25, 0.3) is 0 Å². The van der Waals surface area contributed by atoms with Crippen LogP contribution >= 0.6 is 11.3 Å². The van der Waals surface area contributed by atoms with E-state index < -0.39 is 0 Å². The lowest BCUT2D eigenvalue weighted by molar-refractivity contribution is 0.705. The Labute approximate surface area is 124 Å². The molecule has 1 unspecified atom stereocenters. The van der Waals surface area contributed by atoms with Crippen LogP contribution in [0.15, 0.2) is 54.6 Å². The van der Waals surface area contributed by atoms with Gasteiger partial charge in [0.2, 0.25) is 0 Å². The second kappa shape index (κ2) is 5.78. The molecule has 3 aromatic rings. The lowest BCUT2D eigenvalue weighted by atomic mass is 10.0. The Morgan fingerprint density at radius 1 is 1.00 bits per heavy atom. The van der Waals surface area contributed by atoms with Crippen LogP contribution in [0.4, 0.5) is 0 Å². The highest BCUT2D eigenvalue weighted by Crippen LogP contribution is 2.30. The average Bonchev–Trinajstić information content (AvgIpc) is 2.97. The fraction of sp³-hybridized carbons (Fsp3) is 0.222. The van der Waals surface area contributed by atoms with Crippen molar-refractivity contribution in [1.82, 2.24) is 5.32 Å². The maximum atomic E-state index is 3.45. The molecule has 1 atom stereocenters. The number of nitrogens with one attached hydrogen (secondary N) is 1. The molecule has 0 saturated heterocycles. The van der Waals surface area contributed by atoms with Gasteiger partial charge in [-0.25, -0.2) is 0 Å². The first-order valence-corrected chi connectivity index (χ1v) is 7.88. The number of fused-ring (bicyclic) bond motifs is 1. The van der Waals surface area contributed by atoms with Gasteiger partial charge in [-0.3, -0.25) is 0 Å². The van der Waals surface area contributed by atoms with Gasteiger partial charge in [0, 0.05) is 9.75 Å². The molecule has 2 aromatic carbocycles. The van der Waals surface area contributed by atoms with Crippen molar-refractivity contribution >= 4 is 22.1 Å². The van der Waals surface area contributed by atoms with E-state index in [-0.39, 0.29) is 6.04 Å². The molecular formula is C18H19NS. The molecule has 2 heteroatoms. The monoisotopic (exact) mass is 281 g/mol. The summed E-state index contributed by atoms with van der Waals surface area (Å²) in [6.07, 6.45) is 1.11. The molecule has 1 nitrogen and oxygen atoms in total. The zero-order valence-corrected chi connectivity index (χ0v) is 12.7. The van der Waals surface area contributed by atoms with Crippen molar-refractivity contribution < 1.29 is 0 Å². The predicted molar refractivity (Wildman–Crippen MR) is 88.5 cm³/mol. The molecule has 0 bridgehead atoms. The van der Waals surface area contributed by atoms with E-state index in [9.17, 15) is 0 Å². The number of hydrogen-bond donors (Lipinski definition) is 1. The molecule has 1 heterocycles. The Bertz CT molecular complexity index is 714. The van der Waals surface area contributed by atoms with Gasteiger partial charge >= 0.3 is 0 Å². The standard InChI is InChI=1S/C18H19NS/c1-3-16-10-11-17(20-16)18(19-2)15-9-8-13-6-4-5-7-14(13)12-15/h4-12,18-19H,3H2,1-2H3. The third kappa shape index (κ3) is 2.49. The normalized spacial score (nSPS) is 12.7. The second-order valence-electron chi connectivity index (χ2n) is 4.99. The molecule has 1 N–H and O–H groups in total. The van der Waals surface area contributed by atoms with Gasteiger partial charge in [0.05, 0.1) is 6.04 Å². The van der Waals surface area contributed by atoms with Gasteiger partial charge in [0.1, 0.15) is 0 Å². The van der Waals surface area contributed by atoms with Crippen LogP contribution in [-0.4, -0.2) is 7.05 Å². The first-order chi connectivity index (χ1) is 9.81. The molecule has 0 aliphatic heterocycles. The molecule has 20 heavy (non-hydrogen) atoms. The van der Waals surface area contributed by atoms with Gasteiger partial charge in [0.15, 0.2) is 0 Å². The van der Waals surface area contributed by atoms with Gasteiger partial charge in [-0.05, 0) is 48.0 Å². The Hall–Kier alpha value is -1.64. The van der Waals surface area contributed by atoms with Crippen LogP contribution in [0, 0.1) is 0 Å². The Morgan fingerprint density at radius 3 is 2.50 bits per heavy atom. The summed E-state index contributed by atoms with van der Waals surface area (Å²) >= 11 is 1.90. The van der Waals surface area contributed by atoms with E-state index >= 15 is 0 Å². The van der Waals surface area contributed by atoms with E-state index in [0.717, 1.165) is 6.42 Å². The molecule has 0 aliphatic carbocycles. The van der Waals surface area contributed by atoms with Gasteiger partial charge in [-0.1, -0.05) is 43.3 Å². The molecule has 102 valence electrons. The largest absolute Gasteiger partial charge is 0.309 e. The molecule has 0 fully saturated rings. The number of aryl methyl sites for hydroxylation is 1. The molecule has 3 rings (SSSR count). The first kappa shape index (κ1) is 13.3. The molecule has 0 radical (unpaired) electrons. The average molecular weight is 281 g/mol. The second-order valence-corrected chi connectivity index (χ2v) is 6.19. The van der Waals surface area contributed by atoms with E-state index in [0.29, 0.717) is 0 Å². The summed E-state index contributed by atoms with van der Waals surface area (Å²) in [5.74, 6) is 0. The minimum atomic E-state index is 0.282. The molecular weight excluding hydrogens is 262 g/mol. The molecule has 0 aliphatic rings. The van der Waals surface area contributed by atoms with Crippen molar-refractivity contribution in [2.75, 3.05) is 7.05 Å². The summed E-state index contributed by atoms with van der Waals surface area (Å²) in [5.41, 5.74) is 1.33. The van der Waals surface area contributed by atoms with Gasteiger partial charge in [-0.2, -0.15) is 0 Å². The van der Waals surface area contributed by atoms with Crippen molar-refractivity contribution in [3.8, 4) is 0 Å². The van der Waals surface area contributed by atoms with E-state index in [1.54, 1.807) is 0 Å². The van der Waals surface area contributed by atoms with E-state index in [4.69, 9.17) is 0 Å². The number of hydrogen-bond acceptors (Lipinski definition) is 2. The molecule has 0 spiro atoms. The number of rotatable bonds is 4. The lowest BCUT2D eigenvalue weighted by Crippen LogP contribution is -2.16. The minimum Gasteiger partial charge on any atom is -0.309 e. The van der Waals surface area contributed by atoms with Crippen LogP contribution < -0.4 is 5.32 Å². The number of thiophene rings is 1. The fourth-order valence-electron chi connectivity index (χ4n) is 2.60. The highest BCUT2D eigenvalue weighted by Gasteiger charge is 2.14. The summed E-state index contributed by atoms with van der Waals surface area (Å²) in [5, 5.41) is 6.05. The Kier molecular flexibility index (Phi) is 3.86. The van der Waals surface area contributed by atoms with Crippen molar-refractivity contribution in [3.05, 3.63) is 69.9 Å². The summed E-state index contributed by atoms with van der Waals surface area (Å²) in [4.78, 5) is 2.83. The van der Waals surface area contributed by atoms with Crippen molar-refractivity contribution in [2.24, 2.45) is 0 Å². The first-order valence-electron chi connectivity index (χ1n) is 7.06. The summed E-state index contributed by atoms with van der Waals surface area (Å²) in [7, 11) is 2.03. The smallest absolute Gasteiger partial charge is 0.0668 e. The zero-order chi connectivity index (χ0) is 13.9. The van der Waals surface area contributed by atoms with E-state index in [2.05, 4.69) is 66.8 Å². The number of benzene rings is 2.